The number of rotatable bonds is 5. The van der Waals surface area contributed by atoms with Gasteiger partial charge in [0.25, 0.3) is 5.91 Å². The summed E-state index contributed by atoms with van der Waals surface area (Å²) in [6, 6.07) is 7.20. The van der Waals surface area contributed by atoms with Gasteiger partial charge < -0.3 is 15.4 Å². The number of carbonyl (C=O) groups excluding carboxylic acids is 1. The number of aromatic nitrogens is 3. The molecule has 25 heavy (non-hydrogen) atoms. The Balaban J connectivity index is 1.93. The molecule has 0 saturated heterocycles. The number of anilines is 2. The molecule has 0 saturated carbocycles. The summed E-state index contributed by atoms with van der Waals surface area (Å²) >= 11 is 0. The fourth-order valence-electron chi connectivity index (χ4n) is 3.10. The van der Waals surface area contributed by atoms with Crippen LogP contribution in [0.25, 0.3) is 0 Å². The second kappa shape index (κ2) is 6.96. The van der Waals surface area contributed by atoms with Crippen molar-refractivity contribution in [2.45, 2.75) is 33.2 Å². The maximum absolute atomic E-state index is 13.0. The standard InChI is InChI=1S/C18H23N5O2/c1-11(2)9-14-16(12(3)21-18-19-10-20-23(14)18)17(24)22-13-7-5-6-8-15(13)25-4/h5-8,10-11,14H,9H2,1-4H3,(H,22,24)(H,19,20,21)/t14-/m0/s1. The number of carbonyl (C=O) groups is 1. The molecule has 0 fully saturated rings. The molecule has 2 aromatic rings. The van der Waals surface area contributed by atoms with Crippen LogP contribution in [0.1, 0.15) is 33.2 Å². The lowest BCUT2D eigenvalue weighted by Crippen LogP contribution is -2.31. The molecule has 132 valence electrons. The number of fused-ring (bicyclic) bond motifs is 1. The summed E-state index contributed by atoms with van der Waals surface area (Å²) in [5.41, 5.74) is 2.10. The van der Waals surface area contributed by atoms with Crippen LogP contribution < -0.4 is 15.4 Å². The SMILES string of the molecule is COc1ccccc1NC(=O)C1=C(C)Nc2ncnn2[C@H]1CC(C)C. The van der Waals surface area contributed by atoms with E-state index in [2.05, 4.69) is 34.6 Å². The van der Waals surface area contributed by atoms with E-state index in [0.717, 1.165) is 12.1 Å². The van der Waals surface area contributed by atoms with Crippen molar-refractivity contribution in [3.8, 4) is 5.75 Å². The summed E-state index contributed by atoms with van der Waals surface area (Å²) in [7, 11) is 1.58. The van der Waals surface area contributed by atoms with Crippen LogP contribution in [0.3, 0.4) is 0 Å². The Bertz CT molecular complexity index is 809. The van der Waals surface area contributed by atoms with Crippen molar-refractivity contribution in [2.75, 3.05) is 17.7 Å². The van der Waals surface area contributed by atoms with E-state index in [9.17, 15) is 4.79 Å². The van der Waals surface area contributed by atoms with Crippen LogP contribution in [0.5, 0.6) is 5.75 Å². The third-order valence-corrected chi connectivity index (χ3v) is 4.20. The fraction of sp³-hybridized carbons (Fsp3) is 0.389. The van der Waals surface area contributed by atoms with Gasteiger partial charge in [-0.05, 0) is 31.4 Å². The normalized spacial score (nSPS) is 16.4. The van der Waals surface area contributed by atoms with E-state index in [0.29, 0.717) is 28.9 Å². The summed E-state index contributed by atoms with van der Waals surface area (Å²) in [6.45, 7) is 6.15. The summed E-state index contributed by atoms with van der Waals surface area (Å²) in [6.07, 6.45) is 2.30. The molecule has 3 rings (SSSR count). The predicted octanol–water partition coefficient (Wildman–Crippen LogP) is 3.21. The van der Waals surface area contributed by atoms with E-state index in [-0.39, 0.29) is 11.9 Å². The average molecular weight is 341 g/mol. The van der Waals surface area contributed by atoms with Gasteiger partial charge in [-0.2, -0.15) is 10.1 Å². The van der Waals surface area contributed by atoms with Gasteiger partial charge in [0.1, 0.15) is 12.1 Å². The van der Waals surface area contributed by atoms with E-state index in [4.69, 9.17) is 4.74 Å². The van der Waals surface area contributed by atoms with E-state index >= 15 is 0 Å². The molecule has 7 nitrogen and oxygen atoms in total. The highest BCUT2D eigenvalue weighted by molar-refractivity contribution is 6.06. The minimum Gasteiger partial charge on any atom is -0.495 e. The molecular formula is C18H23N5O2. The number of benzene rings is 1. The summed E-state index contributed by atoms with van der Waals surface area (Å²) in [5, 5.41) is 10.4. The molecule has 1 aliphatic rings. The Morgan fingerprint density at radius 3 is 2.88 bits per heavy atom. The van der Waals surface area contributed by atoms with Gasteiger partial charge in [0.15, 0.2) is 0 Å². The summed E-state index contributed by atoms with van der Waals surface area (Å²) in [5.74, 6) is 1.53. The molecule has 1 aliphatic heterocycles. The van der Waals surface area contributed by atoms with Crippen molar-refractivity contribution < 1.29 is 9.53 Å². The molecule has 2 heterocycles. The third-order valence-electron chi connectivity index (χ3n) is 4.20. The lowest BCUT2D eigenvalue weighted by atomic mass is 9.94. The Kier molecular flexibility index (Phi) is 4.74. The molecule has 0 unspecified atom stereocenters. The first-order valence-electron chi connectivity index (χ1n) is 8.33. The largest absolute Gasteiger partial charge is 0.495 e. The van der Waals surface area contributed by atoms with Gasteiger partial charge in [-0.3, -0.25) is 4.79 Å². The number of methoxy groups -OCH3 is 1. The zero-order valence-electron chi connectivity index (χ0n) is 14.9. The smallest absolute Gasteiger partial charge is 0.255 e. The molecule has 0 aliphatic carbocycles. The number of hydrogen-bond donors (Lipinski definition) is 2. The molecule has 1 aromatic heterocycles. The molecule has 0 bridgehead atoms. The van der Waals surface area contributed by atoms with Gasteiger partial charge in [0.05, 0.1) is 24.4 Å². The van der Waals surface area contributed by atoms with Crippen LogP contribution in [-0.4, -0.2) is 27.8 Å². The molecule has 0 spiro atoms. The van der Waals surface area contributed by atoms with Gasteiger partial charge in [0, 0.05) is 5.70 Å². The lowest BCUT2D eigenvalue weighted by molar-refractivity contribution is -0.113. The second-order valence-electron chi connectivity index (χ2n) is 6.49. The number of ether oxygens (including phenoxy) is 1. The molecule has 1 amide bonds. The maximum Gasteiger partial charge on any atom is 0.255 e. The highest BCUT2D eigenvalue weighted by atomic mass is 16.5. The molecule has 1 atom stereocenters. The minimum absolute atomic E-state index is 0.159. The summed E-state index contributed by atoms with van der Waals surface area (Å²) < 4.78 is 7.10. The predicted molar refractivity (Wildman–Crippen MR) is 96.5 cm³/mol. The zero-order chi connectivity index (χ0) is 18.0. The zero-order valence-corrected chi connectivity index (χ0v) is 14.9. The number of allylic oxidation sites excluding steroid dienone is 1. The van der Waals surface area contributed by atoms with E-state index in [1.807, 2.05) is 31.2 Å². The van der Waals surface area contributed by atoms with Gasteiger partial charge in [-0.15, -0.1) is 0 Å². The van der Waals surface area contributed by atoms with Crippen LogP contribution in [0.2, 0.25) is 0 Å². The van der Waals surface area contributed by atoms with Gasteiger partial charge in [-0.1, -0.05) is 26.0 Å². The first-order valence-corrected chi connectivity index (χ1v) is 8.33. The number of nitrogens with one attached hydrogen (secondary N) is 2. The number of amides is 1. The number of nitrogens with zero attached hydrogens (tertiary/aromatic N) is 3. The highest BCUT2D eigenvalue weighted by Gasteiger charge is 2.32. The molecular weight excluding hydrogens is 318 g/mol. The molecule has 1 aromatic carbocycles. The topological polar surface area (TPSA) is 81.1 Å². The Labute approximate surface area is 147 Å². The molecule has 7 heteroatoms. The summed E-state index contributed by atoms with van der Waals surface area (Å²) in [4.78, 5) is 17.3. The Morgan fingerprint density at radius 2 is 2.16 bits per heavy atom. The van der Waals surface area contributed by atoms with E-state index in [1.165, 1.54) is 6.33 Å². The second-order valence-corrected chi connectivity index (χ2v) is 6.49. The lowest BCUT2D eigenvalue weighted by Gasteiger charge is -2.29. The quantitative estimate of drug-likeness (QED) is 0.873. The number of para-hydroxylation sites is 2. The van der Waals surface area contributed by atoms with Crippen LogP contribution in [-0.2, 0) is 4.79 Å². The molecule has 2 N–H and O–H groups in total. The monoisotopic (exact) mass is 341 g/mol. The van der Waals surface area contributed by atoms with Crippen molar-refractivity contribution in [2.24, 2.45) is 5.92 Å². The first-order chi connectivity index (χ1) is 12.0. The minimum atomic E-state index is -0.165. The van der Waals surface area contributed by atoms with Crippen molar-refractivity contribution >= 4 is 17.5 Å². The fourth-order valence-corrected chi connectivity index (χ4v) is 3.10. The van der Waals surface area contributed by atoms with Crippen LogP contribution in [0.15, 0.2) is 41.9 Å². The van der Waals surface area contributed by atoms with Gasteiger partial charge >= 0.3 is 0 Å². The van der Waals surface area contributed by atoms with Crippen molar-refractivity contribution in [1.29, 1.82) is 0 Å². The average Bonchev–Trinajstić information content (AvgIpc) is 3.03. The van der Waals surface area contributed by atoms with Crippen molar-refractivity contribution in [3.63, 3.8) is 0 Å². The van der Waals surface area contributed by atoms with Crippen molar-refractivity contribution in [3.05, 3.63) is 41.9 Å². The highest BCUT2D eigenvalue weighted by Crippen LogP contribution is 2.35. The maximum atomic E-state index is 13.0. The molecule has 0 radical (unpaired) electrons. The van der Waals surface area contributed by atoms with Crippen LogP contribution in [0.4, 0.5) is 11.6 Å². The van der Waals surface area contributed by atoms with Crippen molar-refractivity contribution in [1.82, 2.24) is 14.8 Å². The Hall–Kier alpha value is -2.83. The van der Waals surface area contributed by atoms with Crippen LogP contribution in [0, 0.1) is 5.92 Å². The van der Waals surface area contributed by atoms with Gasteiger partial charge in [0.2, 0.25) is 5.95 Å². The third kappa shape index (κ3) is 3.35. The van der Waals surface area contributed by atoms with Gasteiger partial charge in [-0.25, -0.2) is 4.68 Å². The van der Waals surface area contributed by atoms with Crippen LogP contribution >= 0.6 is 0 Å². The van der Waals surface area contributed by atoms with E-state index in [1.54, 1.807) is 11.8 Å². The Morgan fingerprint density at radius 1 is 1.40 bits per heavy atom. The number of hydrogen-bond acceptors (Lipinski definition) is 5. The first kappa shape index (κ1) is 17.0. The van der Waals surface area contributed by atoms with E-state index < -0.39 is 0 Å².